The van der Waals surface area contributed by atoms with Crippen molar-refractivity contribution in [3.8, 4) is 0 Å². The average molecular weight is 353 g/mol. The molecule has 0 unspecified atom stereocenters. The SMILES string of the molecule is Br.Br.Cn1c(Br)nnc1CN. The fourth-order valence-corrected chi connectivity index (χ4v) is 0.801. The van der Waals surface area contributed by atoms with E-state index in [1.807, 2.05) is 7.05 Å². The maximum absolute atomic E-state index is 5.32. The Morgan fingerprint density at radius 3 is 2.18 bits per heavy atom. The second kappa shape index (κ2) is 6.10. The summed E-state index contributed by atoms with van der Waals surface area (Å²) in [5.41, 5.74) is 5.32. The first kappa shape index (κ1) is 14.1. The normalized spacial score (nSPS) is 8.27. The van der Waals surface area contributed by atoms with Gasteiger partial charge < -0.3 is 10.3 Å². The second-order valence-electron chi connectivity index (χ2n) is 1.65. The molecule has 1 heterocycles. The van der Waals surface area contributed by atoms with Gasteiger partial charge in [-0.15, -0.1) is 44.2 Å². The maximum Gasteiger partial charge on any atom is 0.199 e. The first-order valence-electron chi connectivity index (χ1n) is 2.49. The molecule has 0 amide bonds. The summed E-state index contributed by atoms with van der Waals surface area (Å²) in [5.74, 6) is 0.780. The first-order chi connectivity index (χ1) is 4.25. The molecule has 1 aromatic heterocycles. The summed E-state index contributed by atoms with van der Waals surface area (Å²) in [6.07, 6.45) is 0. The summed E-state index contributed by atoms with van der Waals surface area (Å²) >= 11 is 3.19. The Labute approximate surface area is 94.2 Å². The monoisotopic (exact) mass is 350 g/mol. The molecule has 4 nitrogen and oxygen atoms in total. The van der Waals surface area contributed by atoms with Crippen LogP contribution in [0.1, 0.15) is 5.82 Å². The molecule has 0 aliphatic rings. The van der Waals surface area contributed by atoms with Gasteiger partial charge in [0.1, 0.15) is 5.82 Å². The third-order valence-electron chi connectivity index (χ3n) is 1.09. The molecule has 0 bridgehead atoms. The second-order valence-corrected chi connectivity index (χ2v) is 2.36. The van der Waals surface area contributed by atoms with Crippen molar-refractivity contribution < 1.29 is 0 Å². The number of halogens is 3. The number of rotatable bonds is 1. The Morgan fingerprint density at radius 2 is 2.00 bits per heavy atom. The van der Waals surface area contributed by atoms with Gasteiger partial charge in [-0.05, 0) is 15.9 Å². The van der Waals surface area contributed by atoms with E-state index in [-0.39, 0.29) is 34.0 Å². The van der Waals surface area contributed by atoms with Crippen molar-refractivity contribution in [2.45, 2.75) is 6.54 Å². The maximum atomic E-state index is 5.32. The van der Waals surface area contributed by atoms with Crippen LogP contribution in [-0.4, -0.2) is 14.8 Å². The number of nitrogens with zero attached hydrogens (tertiary/aromatic N) is 3. The van der Waals surface area contributed by atoms with Gasteiger partial charge in [0.25, 0.3) is 0 Å². The van der Waals surface area contributed by atoms with Crippen LogP contribution < -0.4 is 5.73 Å². The Kier molecular flexibility index (Phi) is 7.81. The number of aromatic nitrogens is 3. The average Bonchev–Trinajstić information content (AvgIpc) is 2.15. The van der Waals surface area contributed by atoms with Gasteiger partial charge >= 0.3 is 0 Å². The third-order valence-corrected chi connectivity index (χ3v) is 1.79. The Balaban J connectivity index is 0. The van der Waals surface area contributed by atoms with E-state index in [0.717, 1.165) is 5.82 Å². The first-order valence-corrected chi connectivity index (χ1v) is 3.29. The minimum Gasteiger partial charge on any atom is -0.324 e. The zero-order valence-electron chi connectivity index (χ0n) is 5.82. The van der Waals surface area contributed by atoms with Crippen molar-refractivity contribution in [3.63, 3.8) is 0 Å². The highest BCUT2D eigenvalue weighted by molar-refractivity contribution is 9.10. The molecule has 0 spiro atoms. The number of hydrogen-bond acceptors (Lipinski definition) is 3. The Hall–Kier alpha value is 0.540. The van der Waals surface area contributed by atoms with Crippen molar-refractivity contribution in [1.29, 1.82) is 0 Å². The lowest BCUT2D eigenvalue weighted by molar-refractivity contribution is 0.781. The van der Waals surface area contributed by atoms with Crippen molar-refractivity contribution in [2.75, 3.05) is 0 Å². The molecule has 0 aliphatic carbocycles. The van der Waals surface area contributed by atoms with E-state index in [0.29, 0.717) is 11.3 Å². The fourth-order valence-electron chi connectivity index (χ4n) is 0.517. The van der Waals surface area contributed by atoms with E-state index in [4.69, 9.17) is 5.73 Å². The summed E-state index contributed by atoms with van der Waals surface area (Å²) in [6.45, 7) is 0.426. The zero-order valence-corrected chi connectivity index (χ0v) is 10.8. The summed E-state index contributed by atoms with van der Waals surface area (Å²) in [7, 11) is 1.85. The van der Waals surface area contributed by atoms with E-state index in [9.17, 15) is 0 Å². The van der Waals surface area contributed by atoms with Gasteiger partial charge in [-0.2, -0.15) is 0 Å². The standard InChI is InChI=1S/C4H7BrN4.2BrH/c1-9-3(2-6)7-8-4(9)5;;/h2,6H2,1H3;2*1H. The minimum atomic E-state index is 0. The lowest BCUT2D eigenvalue weighted by Crippen LogP contribution is -2.04. The molecule has 0 atom stereocenters. The highest BCUT2D eigenvalue weighted by Gasteiger charge is 2.01. The molecule has 0 aromatic carbocycles. The Morgan fingerprint density at radius 1 is 1.45 bits per heavy atom. The molecule has 11 heavy (non-hydrogen) atoms. The minimum absolute atomic E-state index is 0. The van der Waals surface area contributed by atoms with Crippen LogP contribution in [0.5, 0.6) is 0 Å². The Bertz CT molecular complexity index is 211. The van der Waals surface area contributed by atoms with Crippen molar-refractivity contribution in [1.82, 2.24) is 14.8 Å². The molecule has 0 aliphatic heterocycles. The van der Waals surface area contributed by atoms with Crippen LogP contribution in [0.2, 0.25) is 0 Å². The predicted octanol–water partition coefficient (Wildman–Crippen LogP) is 1.19. The zero-order chi connectivity index (χ0) is 6.85. The molecule has 0 radical (unpaired) electrons. The van der Waals surface area contributed by atoms with Crippen LogP contribution in [0, 0.1) is 0 Å². The molecule has 1 rings (SSSR count). The topological polar surface area (TPSA) is 56.7 Å². The van der Waals surface area contributed by atoms with Crippen LogP contribution in [-0.2, 0) is 13.6 Å². The molecule has 0 saturated heterocycles. The van der Waals surface area contributed by atoms with Gasteiger partial charge in [-0.3, -0.25) is 0 Å². The highest BCUT2D eigenvalue weighted by Crippen LogP contribution is 2.04. The third kappa shape index (κ3) is 3.18. The van der Waals surface area contributed by atoms with Gasteiger partial charge in [0.05, 0.1) is 6.54 Å². The van der Waals surface area contributed by atoms with E-state index >= 15 is 0 Å². The summed E-state index contributed by atoms with van der Waals surface area (Å²) < 4.78 is 2.50. The van der Waals surface area contributed by atoms with E-state index in [1.165, 1.54) is 0 Å². The van der Waals surface area contributed by atoms with Gasteiger partial charge in [0, 0.05) is 7.05 Å². The van der Waals surface area contributed by atoms with E-state index in [2.05, 4.69) is 26.1 Å². The summed E-state index contributed by atoms with van der Waals surface area (Å²) in [6, 6.07) is 0. The predicted molar refractivity (Wildman–Crippen MR) is 57.2 cm³/mol. The molecule has 0 saturated carbocycles. The quantitative estimate of drug-likeness (QED) is 0.826. The lowest BCUT2D eigenvalue weighted by Gasteiger charge is -1.93. The van der Waals surface area contributed by atoms with Gasteiger partial charge in [0.2, 0.25) is 0 Å². The molecule has 7 heteroatoms. The molecule has 1 aromatic rings. The van der Waals surface area contributed by atoms with Crippen LogP contribution in [0.25, 0.3) is 0 Å². The van der Waals surface area contributed by atoms with Crippen molar-refractivity contribution >= 4 is 49.9 Å². The van der Waals surface area contributed by atoms with Gasteiger partial charge in [-0.1, -0.05) is 0 Å². The van der Waals surface area contributed by atoms with Crippen LogP contribution >= 0.6 is 49.9 Å². The number of hydrogen-bond donors (Lipinski definition) is 1. The van der Waals surface area contributed by atoms with Crippen molar-refractivity contribution in [2.24, 2.45) is 12.8 Å². The van der Waals surface area contributed by atoms with Gasteiger partial charge in [-0.25, -0.2) is 0 Å². The number of nitrogens with two attached hydrogens (primary N) is 1. The summed E-state index contributed by atoms with van der Waals surface area (Å²) in [4.78, 5) is 0. The van der Waals surface area contributed by atoms with Crippen molar-refractivity contribution in [3.05, 3.63) is 10.6 Å². The van der Waals surface area contributed by atoms with Crippen LogP contribution in [0.4, 0.5) is 0 Å². The van der Waals surface area contributed by atoms with E-state index in [1.54, 1.807) is 4.57 Å². The smallest absolute Gasteiger partial charge is 0.199 e. The molecule has 0 fully saturated rings. The fraction of sp³-hybridized carbons (Fsp3) is 0.500. The lowest BCUT2D eigenvalue weighted by atomic mass is 10.6. The van der Waals surface area contributed by atoms with Crippen LogP contribution in [0.15, 0.2) is 4.73 Å². The summed E-state index contributed by atoms with van der Waals surface area (Å²) in [5, 5.41) is 7.51. The molecular formula is C4H9Br3N4. The molecule has 66 valence electrons. The highest BCUT2D eigenvalue weighted by atomic mass is 79.9. The molecular weight excluding hydrogens is 344 g/mol. The van der Waals surface area contributed by atoms with E-state index < -0.39 is 0 Å². The molecule has 2 N–H and O–H groups in total. The largest absolute Gasteiger partial charge is 0.324 e. The van der Waals surface area contributed by atoms with Gasteiger partial charge in [0.15, 0.2) is 4.73 Å². The van der Waals surface area contributed by atoms with Crippen LogP contribution in [0.3, 0.4) is 0 Å².